The minimum atomic E-state index is -1.10. The Balaban J connectivity index is 1.59. The lowest BCUT2D eigenvalue weighted by Gasteiger charge is -2.14. The second-order valence-corrected chi connectivity index (χ2v) is 5.43. The first-order chi connectivity index (χ1) is 11.6. The van der Waals surface area contributed by atoms with Crippen LogP contribution in [-0.2, 0) is 0 Å². The van der Waals surface area contributed by atoms with Gasteiger partial charge in [-0.25, -0.2) is 9.18 Å². The summed E-state index contributed by atoms with van der Waals surface area (Å²) in [5, 5.41) is 17.3. The van der Waals surface area contributed by atoms with Crippen LogP contribution in [0.5, 0.6) is 0 Å². The van der Waals surface area contributed by atoms with Gasteiger partial charge in [0.15, 0.2) is 0 Å². The second-order valence-electron chi connectivity index (χ2n) is 5.43. The van der Waals surface area contributed by atoms with E-state index in [0.717, 1.165) is 10.8 Å². The molecule has 122 valence electrons. The number of nitrogens with one attached hydrogen (secondary N) is 2. The maximum absolute atomic E-state index is 13.6. The molecule has 0 saturated heterocycles. The Morgan fingerprint density at radius 3 is 2.50 bits per heavy atom. The Morgan fingerprint density at radius 1 is 1.00 bits per heavy atom. The average Bonchev–Trinajstić information content (AvgIpc) is 2.60. The van der Waals surface area contributed by atoms with Crippen molar-refractivity contribution in [1.82, 2.24) is 5.32 Å². The van der Waals surface area contributed by atoms with E-state index in [0.29, 0.717) is 5.69 Å². The van der Waals surface area contributed by atoms with E-state index in [2.05, 4.69) is 10.6 Å². The molecule has 0 aliphatic carbocycles. The van der Waals surface area contributed by atoms with E-state index < -0.39 is 18.0 Å². The Morgan fingerprint density at radius 2 is 1.71 bits per heavy atom. The Bertz CT molecular complexity index is 867. The number of carbonyl (C=O) groups is 1. The average molecular weight is 324 g/mol. The summed E-state index contributed by atoms with van der Waals surface area (Å²) in [4.78, 5) is 11.9. The number of anilines is 1. The highest BCUT2D eigenvalue weighted by Gasteiger charge is 2.13. The molecule has 0 bridgehead atoms. The summed E-state index contributed by atoms with van der Waals surface area (Å²) in [5.41, 5.74) is 0.801. The first kappa shape index (κ1) is 16.0. The molecule has 3 rings (SSSR count). The molecule has 2 amide bonds. The topological polar surface area (TPSA) is 61.4 Å². The maximum atomic E-state index is 13.6. The standard InChI is InChI=1S/C19H17FN2O2/c20-17-8-4-3-7-16(17)18(23)12-21-19(24)22-15-10-9-13-5-1-2-6-14(13)11-15/h1-11,18,23H,12H2,(H2,21,22,24). The molecule has 4 nitrogen and oxygen atoms in total. The van der Waals surface area contributed by atoms with Crippen LogP contribution in [0.1, 0.15) is 11.7 Å². The number of fused-ring (bicyclic) bond motifs is 1. The van der Waals surface area contributed by atoms with Gasteiger partial charge in [-0.3, -0.25) is 0 Å². The van der Waals surface area contributed by atoms with Gasteiger partial charge in [0, 0.05) is 17.8 Å². The highest BCUT2D eigenvalue weighted by Crippen LogP contribution is 2.19. The van der Waals surface area contributed by atoms with Gasteiger partial charge in [-0.1, -0.05) is 48.5 Å². The van der Waals surface area contributed by atoms with Gasteiger partial charge in [-0.15, -0.1) is 0 Å². The van der Waals surface area contributed by atoms with Crippen LogP contribution >= 0.6 is 0 Å². The molecule has 0 heterocycles. The number of aliphatic hydroxyl groups excluding tert-OH is 1. The number of benzene rings is 3. The van der Waals surface area contributed by atoms with Crippen LogP contribution in [0.2, 0.25) is 0 Å². The Labute approximate surface area is 138 Å². The van der Waals surface area contributed by atoms with E-state index in [1.165, 1.54) is 12.1 Å². The zero-order chi connectivity index (χ0) is 16.9. The predicted molar refractivity (Wildman–Crippen MR) is 92.3 cm³/mol. The van der Waals surface area contributed by atoms with Gasteiger partial charge in [0.25, 0.3) is 0 Å². The van der Waals surface area contributed by atoms with Gasteiger partial charge in [-0.05, 0) is 29.0 Å². The summed E-state index contributed by atoms with van der Waals surface area (Å²) in [6.45, 7) is -0.0830. The minimum absolute atomic E-state index is 0.0830. The van der Waals surface area contributed by atoms with Crippen molar-refractivity contribution in [2.24, 2.45) is 0 Å². The molecular formula is C19H17FN2O2. The van der Waals surface area contributed by atoms with Crippen molar-refractivity contribution in [2.45, 2.75) is 6.10 Å². The van der Waals surface area contributed by atoms with E-state index >= 15 is 0 Å². The third-order valence-electron chi connectivity index (χ3n) is 3.73. The van der Waals surface area contributed by atoms with Crippen molar-refractivity contribution in [3.63, 3.8) is 0 Å². The number of amides is 2. The molecule has 0 radical (unpaired) electrons. The molecule has 3 N–H and O–H groups in total. The zero-order valence-corrected chi connectivity index (χ0v) is 12.9. The van der Waals surface area contributed by atoms with Gasteiger partial charge in [-0.2, -0.15) is 0 Å². The van der Waals surface area contributed by atoms with Crippen molar-refractivity contribution in [3.8, 4) is 0 Å². The van der Waals surface area contributed by atoms with Crippen LogP contribution in [0.25, 0.3) is 10.8 Å². The predicted octanol–water partition coefficient (Wildman–Crippen LogP) is 3.83. The lowest BCUT2D eigenvalue weighted by molar-refractivity contribution is 0.170. The van der Waals surface area contributed by atoms with Crippen molar-refractivity contribution in [2.75, 3.05) is 11.9 Å². The number of aliphatic hydroxyl groups is 1. The summed E-state index contributed by atoms with van der Waals surface area (Å²) in [6, 6.07) is 18.9. The lowest BCUT2D eigenvalue weighted by atomic mass is 10.1. The van der Waals surface area contributed by atoms with Crippen LogP contribution in [0.4, 0.5) is 14.9 Å². The molecule has 0 aromatic heterocycles. The van der Waals surface area contributed by atoms with E-state index in [4.69, 9.17) is 0 Å². The number of urea groups is 1. The van der Waals surface area contributed by atoms with Crippen LogP contribution in [-0.4, -0.2) is 17.7 Å². The molecule has 24 heavy (non-hydrogen) atoms. The summed E-state index contributed by atoms with van der Waals surface area (Å²) in [5.74, 6) is -0.498. The van der Waals surface area contributed by atoms with E-state index in [1.54, 1.807) is 18.2 Å². The highest BCUT2D eigenvalue weighted by atomic mass is 19.1. The van der Waals surface area contributed by atoms with E-state index in [1.807, 2.05) is 36.4 Å². The summed E-state index contributed by atoms with van der Waals surface area (Å²) in [7, 11) is 0. The smallest absolute Gasteiger partial charge is 0.319 e. The Kier molecular flexibility index (Phi) is 4.72. The number of hydrogen-bond donors (Lipinski definition) is 3. The third kappa shape index (κ3) is 3.70. The molecule has 1 atom stereocenters. The Hall–Kier alpha value is -2.92. The fraction of sp³-hybridized carbons (Fsp3) is 0.105. The molecule has 1 unspecified atom stereocenters. The van der Waals surface area contributed by atoms with Crippen LogP contribution < -0.4 is 10.6 Å². The molecule has 0 saturated carbocycles. The zero-order valence-electron chi connectivity index (χ0n) is 12.9. The molecule has 3 aromatic rings. The summed E-state index contributed by atoms with van der Waals surface area (Å²) < 4.78 is 13.6. The van der Waals surface area contributed by atoms with Crippen molar-refractivity contribution < 1.29 is 14.3 Å². The summed E-state index contributed by atoms with van der Waals surface area (Å²) in [6.07, 6.45) is -1.10. The number of rotatable bonds is 4. The van der Waals surface area contributed by atoms with Gasteiger partial charge < -0.3 is 15.7 Å². The molecule has 0 spiro atoms. The first-order valence-electron chi connectivity index (χ1n) is 7.59. The largest absolute Gasteiger partial charge is 0.386 e. The van der Waals surface area contributed by atoms with Crippen molar-refractivity contribution in [3.05, 3.63) is 78.1 Å². The molecule has 3 aromatic carbocycles. The minimum Gasteiger partial charge on any atom is -0.386 e. The second kappa shape index (κ2) is 7.10. The fourth-order valence-corrected chi connectivity index (χ4v) is 2.49. The number of hydrogen-bond acceptors (Lipinski definition) is 2. The van der Waals surface area contributed by atoms with Gasteiger partial charge in [0.2, 0.25) is 0 Å². The van der Waals surface area contributed by atoms with E-state index in [9.17, 15) is 14.3 Å². The highest BCUT2D eigenvalue weighted by molar-refractivity contribution is 5.93. The lowest BCUT2D eigenvalue weighted by Crippen LogP contribution is -2.32. The van der Waals surface area contributed by atoms with Crippen LogP contribution in [0.3, 0.4) is 0 Å². The SMILES string of the molecule is O=C(NCC(O)c1ccccc1F)Nc1ccc2ccccc2c1. The van der Waals surface area contributed by atoms with E-state index in [-0.39, 0.29) is 12.1 Å². The van der Waals surface area contributed by atoms with Crippen molar-refractivity contribution >= 4 is 22.5 Å². The normalized spacial score (nSPS) is 11.9. The van der Waals surface area contributed by atoms with Crippen LogP contribution in [0, 0.1) is 5.82 Å². The molecular weight excluding hydrogens is 307 g/mol. The molecule has 0 aliphatic rings. The van der Waals surface area contributed by atoms with Gasteiger partial charge in [0.1, 0.15) is 5.82 Å². The van der Waals surface area contributed by atoms with Crippen molar-refractivity contribution in [1.29, 1.82) is 0 Å². The molecule has 5 heteroatoms. The molecule has 0 fully saturated rings. The number of carbonyl (C=O) groups excluding carboxylic acids is 1. The number of halogens is 1. The fourth-order valence-electron chi connectivity index (χ4n) is 2.49. The molecule has 0 aliphatic heterocycles. The summed E-state index contributed by atoms with van der Waals surface area (Å²) >= 11 is 0. The van der Waals surface area contributed by atoms with Crippen LogP contribution in [0.15, 0.2) is 66.7 Å². The quantitative estimate of drug-likeness (QED) is 0.683. The van der Waals surface area contributed by atoms with Gasteiger partial charge in [0.05, 0.1) is 6.10 Å². The maximum Gasteiger partial charge on any atom is 0.319 e. The third-order valence-corrected chi connectivity index (χ3v) is 3.73. The van der Waals surface area contributed by atoms with Gasteiger partial charge >= 0.3 is 6.03 Å². The monoisotopic (exact) mass is 324 g/mol. The first-order valence-corrected chi connectivity index (χ1v) is 7.59.